The minimum atomic E-state index is -0.141. The van der Waals surface area contributed by atoms with Gasteiger partial charge in [-0.2, -0.15) is 0 Å². The Labute approximate surface area is 153 Å². The van der Waals surface area contributed by atoms with Crippen LogP contribution in [0.25, 0.3) is 6.08 Å². The van der Waals surface area contributed by atoms with Crippen LogP contribution in [0.3, 0.4) is 0 Å². The standard InChI is InChI=1S/C18H15BrN2O2S/c1-11-3-6-13(7-4-11)20-18-21-17(22)16(24-18)10-12-5-8-15(23-2)14(19)9-12/h3-10H,1-2H3,(H,20,21,22)/b16-10-. The summed E-state index contributed by atoms with van der Waals surface area (Å²) in [4.78, 5) is 17.2. The van der Waals surface area contributed by atoms with E-state index in [4.69, 9.17) is 4.74 Å². The Morgan fingerprint density at radius 3 is 2.62 bits per heavy atom. The van der Waals surface area contributed by atoms with Gasteiger partial charge in [0.15, 0.2) is 5.17 Å². The van der Waals surface area contributed by atoms with E-state index in [0.717, 1.165) is 21.5 Å². The highest BCUT2D eigenvalue weighted by molar-refractivity contribution is 9.10. The summed E-state index contributed by atoms with van der Waals surface area (Å²) < 4.78 is 6.06. The average Bonchev–Trinajstić information content (AvgIpc) is 2.89. The molecule has 0 radical (unpaired) electrons. The van der Waals surface area contributed by atoms with Crippen molar-refractivity contribution in [1.82, 2.24) is 5.32 Å². The van der Waals surface area contributed by atoms with Gasteiger partial charge in [-0.05, 0) is 70.5 Å². The van der Waals surface area contributed by atoms with E-state index < -0.39 is 0 Å². The molecule has 1 aliphatic heterocycles. The zero-order valence-corrected chi connectivity index (χ0v) is 15.6. The third-order valence-electron chi connectivity index (χ3n) is 3.39. The number of carbonyl (C=O) groups excluding carboxylic acids is 1. The number of hydrogen-bond donors (Lipinski definition) is 1. The molecule has 2 aromatic carbocycles. The van der Waals surface area contributed by atoms with Crippen molar-refractivity contribution in [3.8, 4) is 5.75 Å². The molecule has 3 rings (SSSR count). The Morgan fingerprint density at radius 1 is 1.21 bits per heavy atom. The highest BCUT2D eigenvalue weighted by Gasteiger charge is 2.23. The van der Waals surface area contributed by atoms with Crippen LogP contribution in [0.4, 0.5) is 5.69 Å². The van der Waals surface area contributed by atoms with Gasteiger partial charge in [-0.25, -0.2) is 4.99 Å². The monoisotopic (exact) mass is 402 g/mol. The molecule has 0 aromatic heterocycles. The number of benzene rings is 2. The number of rotatable bonds is 3. The largest absolute Gasteiger partial charge is 0.496 e. The number of halogens is 1. The second-order valence-corrected chi connectivity index (χ2v) is 7.10. The van der Waals surface area contributed by atoms with Crippen LogP contribution in [0.5, 0.6) is 5.75 Å². The third kappa shape index (κ3) is 3.88. The third-order valence-corrected chi connectivity index (χ3v) is 4.92. The van der Waals surface area contributed by atoms with Crippen molar-refractivity contribution in [2.45, 2.75) is 6.92 Å². The predicted molar refractivity (Wildman–Crippen MR) is 103 cm³/mol. The van der Waals surface area contributed by atoms with Crippen LogP contribution in [0.2, 0.25) is 0 Å². The van der Waals surface area contributed by atoms with Crippen molar-refractivity contribution in [1.29, 1.82) is 0 Å². The van der Waals surface area contributed by atoms with Crippen molar-refractivity contribution < 1.29 is 9.53 Å². The van der Waals surface area contributed by atoms with Gasteiger partial charge in [0.1, 0.15) is 5.75 Å². The molecular formula is C18H15BrN2O2S. The van der Waals surface area contributed by atoms with Crippen LogP contribution in [0.1, 0.15) is 11.1 Å². The number of methoxy groups -OCH3 is 1. The quantitative estimate of drug-likeness (QED) is 0.759. The van der Waals surface area contributed by atoms with E-state index in [2.05, 4.69) is 26.2 Å². The highest BCUT2D eigenvalue weighted by Crippen LogP contribution is 2.31. The molecule has 0 spiro atoms. The van der Waals surface area contributed by atoms with Gasteiger partial charge in [0.05, 0.1) is 22.2 Å². The number of nitrogens with zero attached hydrogens (tertiary/aromatic N) is 1. The maximum atomic E-state index is 12.1. The Hall–Kier alpha value is -2.05. The van der Waals surface area contributed by atoms with Crippen LogP contribution in [0, 0.1) is 6.92 Å². The molecule has 0 unspecified atom stereocenters. The van der Waals surface area contributed by atoms with Crippen LogP contribution in [-0.4, -0.2) is 18.2 Å². The summed E-state index contributed by atoms with van der Waals surface area (Å²) in [7, 11) is 1.62. The first-order chi connectivity index (χ1) is 11.5. The zero-order chi connectivity index (χ0) is 17.1. The number of aryl methyl sites for hydroxylation is 1. The molecule has 0 atom stereocenters. The lowest BCUT2D eigenvalue weighted by Gasteiger charge is -2.03. The molecule has 0 bridgehead atoms. The molecule has 1 N–H and O–H groups in total. The van der Waals surface area contributed by atoms with E-state index >= 15 is 0 Å². The average molecular weight is 403 g/mol. The number of amides is 1. The Bertz CT molecular complexity index is 845. The fourth-order valence-electron chi connectivity index (χ4n) is 2.14. The Balaban J connectivity index is 1.81. The summed E-state index contributed by atoms with van der Waals surface area (Å²) in [5, 5.41) is 3.38. The van der Waals surface area contributed by atoms with E-state index in [1.807, 2.05) is 55.5 Å². The summed E-state index contributed by atoms with van der Waals surface area (Å²) in [6.45, 7) is 2.02. The smallest absolute Gasteiger partial charge is 0.264 e. The molecule has 4 nitrogen and oxygen atoms in total. The molecule has 24 heavy (non-hydrogen) atoms. The maximum absolute atomic E-state index is 12.1. The molecule has 122 valence electrons. The van der Waals surface area contributed by atoms with Crippen molar-refractivity contribution in [2.24, 2.45) is 4.99 Å². The maximum Gasteiger partial charge on any atom is 0.264 e. The van der Waals surface area contributed by atoms with Gasteiger partial charge >= 0.3 is 0 Å². The SMILES string of the molecule is COc1ccc(/C=C2\SC(=Nc3ccc(C)cc3)NC2=O)cc1Br. The summed E-state index contributed by atoms with van der Waals surface area (Å²) >= 11 is 4.78. The van der Waals surface area contributed by atoms with Crippen molar-refractivity contribution in [3.63, 3.8) is 0 Å². The molecule has 1 fully saturated rings. The van der Waals surface area contributed by atoms with E-state index in [1.54, 1.807) is 7.11 Å². The van der Waals surface area contributed by atoms with Crippen molar-refractivity contribution in [2.75, 3.05) is 7.11 Å². The van der Waals surface area contributed by atoms with E-state index in [-0.39, 0.29) is 5.91 Å². The van der Waals surface area contributed by atoms with Gasteiger partial charge in [0.25, 0.3) is 5.91 Å². The number of hydrogen-bond acceptors (Lipinski definition) is 4. The number of carbonyl (C=O) groups is 1. The van der Waals surface area contributed by atoms with Gasteiger partial charge in [-0.15, -0.1) is 0 Å². The number of nitrogens with one attached hydrogen (secondary N) is 1. The zero-order valence-electron chi connectivity index (χ0n) is 13.2. The lowest BCUT2D eigenvalue weighted by atomic mass is 10.2. The van der Waals surface area contributed by atoms with Crippen molar-refractivity contribution in [3.05, 3.63) is 63.0 Å². The summed E-state index contributed by atoms with van der Waals surface area (Å²) in [6, 6.07) is 13.5. The van der Waals surface area contributed by atoms with Crippen LogP contribution >= 0.6 is 27.7 Å². The Morgan fingerprint density at radius 2 is 1.96 bits per heavy atom. The summed E-state index contributed by atoms with van der Waals surface area (Å²) in [5.74, 6) is 0.611. The van der Waals surface area contributed by atoms with Crippen LogP contribution in [-0.2, 0) is 4.79 Å². The Kier molecular flexibility index (Phi) is 5.06. The normalized spacial score (nSPS) is 17.4. The number of thioether (sulfide) groups is 1. The molecule has 1 heterocycles. The van der Waals surface area contributed by atoms with Gasteiger partial charge in [0.2, 0.25) is 0 Å². The molecular weight excluding hydrogens is 388 g/mol. The van der Waals surface area contributed by atoms with Gasteiger partial charge in [0, 0.05) is 0 Å². The predicted octanol–water partition coefficient (Wildman–Crippen LogP) is 4.66. The van der Waals surface area contributed by atoms with E-state index in [1.165, 1.54) is 17.3 Å². The minimum Gasteiger partial charge on any atom is -0.496 e. The second kappa shape index (κ2) is 7.23. The van der Waals surface area contributed by atoms with Gasteiger partial charge in [-0.1, -0.05) is 23.8 Å². The van der Waals surface area contributed by atoms with Crippen molar-refractivity contribution >= 4 is 50.5 Å². The molecule has 1 amide bonds. The van der Waals surface area contributed by atoms with Crippen LogP contribution in [0.15, 0.2) is 56.8 Å². The lowest BCUT2D eigenvalue weighted by Crippen LogP contribution is -2.19. The summed E-state index contributed by atoms with van der Waals surface area (Å²) in [6.07, 6.45) is 1.84. The minimum absolute atomic E-state index is 0.141. The molecule has 1 aliphatic rings. The first kappa shape index (κ1) is 16.8. The first-order valence-corrected chi connectivity index (χ1v) is 8.86. The molecule has 6 heteroatoms. The number of ether oxygens (including phenoxy) is 1. The van der Waals surface area contributed by atoms with Crippen LogP contribution < -0.4 is 10.1 Å². The topological polar surface area (TPSA) is 50.7 Å². The summed E-state index contributed by atoms with van der Waals surface area (Å²) in [5.41, 5.74) is 2.90. The number of aliphatic imine (C=N–C) groups is 1. The number of amidine groups is 1. The lowest BCUT2D eigenvalue weighted by molar-refractivity contribution is -0.115. The molecule has 1 saturated heterocycles. The van der Waals surface area contributed by atoms with E-state index in [9.17, 15) is 4.79 Å². The van der Waals surface area contributed by atoms with Gasteiger partial charge < -0.3 is 10.1 Å². The fourth-order valence-corrected chi connectivity index (χ4v) is 3.54. The first-order valence-electron chi connectivity index (χ1n) is 7.25. The highest BCUT2D eigenvalue weighted by atomic mass is 79.9. The second-order valence-electron chi connectivity index (χ2n) is 5.21. The fraction of sp³-hybridized carbons (Fsp3) is 0.111. The van der Waals surface area contributed by atoms with Gasteiger partial charge in [-0.3, -0.25) is 4.79 Å². The molecule has 2 aromatic rings. The van der Waals surface area contributed by atoms with E-state index in [0.29, 0.717) is 10.1 Å². The molecule has 0 aliphatic carbocycles. The molecule has 0 saturated carbocycles.